The third-order valence-corrected chi connectivity index (χ3v) is 5.46. The fourth-order valence-corrected chi connectivity index (χ4v) is 3.61. The van der Waals surface area contributed by atoms with E-state index in [1.807, 2.05) is 73.7 Å². The summed E-state index contributed by atoms with van der Waals surface area (Å²) in [6, 6.07) is 17.9. The molecule has 1 atom stereocenters. The molecule has 0 radical (unpaired) electrons. The van der Waals surface area contributed by atoms with Crippen LogP contribution in [0.15, 0.2) is 90.0 Å². The number of hydrogen-bond donors (Lipinski definition) is 1. The Morgan fingerprint density at radius 2 is 1.73 bits per heavy atom. The highest BCUT2D eigenvalue weighted by atomic mass is 35.5. The van der Waals surface area contributed by atoms with Crippen molar-refractivity contribution in [3.05, 3.63) is 95.7 Å². The summed E-state index contributed by atoms with van der Waals surface area (Å²) in [5.74, 6) is 0.743. The van der Waals surface area contributed by atoms with Crippen LogP contribution in [0.2, 0.25) is 0 Å². The molecule has 0 spiro atoms. The molecule has 0 saturated heterocycles. The quantitative estimate of drug-likeness (QED) is 0.278. The second-order valence-corrected chi connectivity index (χ2v) is 7.79. The second-order valence-electron chi connectivity index (χ2n) is 6.69. The lowest BCUT2D eigenvalue weighted by Gasteiger charge is -2.15. The molecular weight excluding hydrogens is 411 g/mol. The van der Waals surface area contributed by atoms with Crippen LogP contribution in [0.25, 0.3) is 27.4 Å². The van der Waals surface area contributed by atoms with Gasteiger partial charge in [0.1, 0.15) is 12.1 Å². The molecule has 0 amide bonds. The SMILES string of the molecule is C=C(Cl)/C=C(\C(P)=C/C)c1cc(Nc2ncnc3ccccc23)c2ccccc2n1. The summed E-state index contributed by atoms with van der Waals surface area (Å²) in [4.78, 5) is 13.7. The fourth-order valence-electron chi connectivity index (χ4n) is 3.27. The van der Waals surface area contributed by atoms with Gasteiger partial charge in [0.25, 0.3) is 0 Å². The highest BCUT2D eigenvalue weighted by Crippen LogP contribution is 2.34. The lowest BCUT2D eigenvalue weighted by Crippen LogP contribution is -2.00. The Labute approximate surface area is 182 Å². The molecule has 30 heavy (non-hydrogen) atoms. The topological polar surface area (TPSA) is 50.7 Å². The molecule has 6 heteroatoms. The first-order valence-electron chi connectivity index (χ1n) is 9.42. The van der Waals surface area contributed by atoms with Gasteiger partial charge in [0.15, 0.2) is 0 Å². The molecular formula is C24H20ClN4P. The standard InChI is InChI=1S/C24H20ClN4P/c1-3-23(30)18(12-15(2)25)22-13-21(16-8-4-7-11-20(16)28-22)29-24-17-9-5-6-10-19(17)26-14-27-24/h3-14H,2,30H2,1H3,(H,26,27,28,29)/b18-12-,23-3+. The molecule has 0 aliphatic heterocycles. The van der Waals surface area contributed by atoms with Crippen molar-refractivity contribution in [3.63, 3.8) is 0 Å². The van der Waals surface area contributed by atoms with Crippen molar-refractivity contribution in [1.82, 2.24) is 15.0 Å². The van der Waals surface area contributed by atoms with Gasteiger partial charge in [-0.1, -0.05) is 54.6 Å². The van der Waals surface area contributed by atoms with E-state index in [9.17, 15) is 0 Å². The number of benzene rings is 2. The predicted molar refractivity (Wildman–Crippen MR) is 131 cm³/mol. The van der Waals surface area contributed by atoms with Crippen LogP contribution in [0.5, 0.6) is 0 Å². The molecule has 0 fully saturated rings. The van der Waals surface area contributed by atoms with Gasteiger partial charge in [-0.3, -0.25) is 0 Å². The first-order valence-corrected chi connectivity index (χ1v) is 10.4. The zero-order valence-corrected chi connectivity index (χ0v) is 18.3. The van der Waals surface area contributed by atoms with Crippen LogP contribution in [-0.4, -0.2) is 15.0 Å². The summed E-state index contributed by atoms with van der Waals surface area (Å²) in [5.41, 5.74) is 4.34. The lowest BCUT2D eigenvalue weighted by molar-refractivity contribution is 1.22. The number of para-hydroxylation sites is 2. The minimum Gasteiger partial charge on any atom is -0.339 e. The van der Waals surface area contributed by atoms with Crippen LogP contribution in [0, 0.1) is 0 Å². The van der Waals surface area contributed by atoms with E-state index in [0.29, 0.717) is 5.03 Å². The average Bonchev–Trinajstić information content (AvgIpc) is 2.77. The Kier molecular flexibility index (Phi) is 5.89. The van der Waals surface area contributed by atoms with Gasteiger partial charge in [0.05, 0.1) is 22.4 Å². The molecule has 2 heterocycles. The summed E-state index contributed by atoms with van der Waals surface area (Å²) in [7, 11) is 2.73. The smallest absolute Gasteiger partial charge is 0.141 e. The van der Waals surface area contributed by atoms with E-state index in [1.54, 1.807) is 6.33 Å². The Hall–Kier alpha value is -3.07. The van der Waals surface area contributed by atoms with Gasteiger partial charge in [-0.05, 0) is 42.6 Å². The predicted octanol–water partition coefficient (Wildman–Crippen LogP) is 6.84. The molecule has 4 aromatic rings. The number of anilines is 2. The van der Waals surface area contributed by atoms with Crippen molar-refractivity contribution < 1.29 is 0 Å². The summed E-state index contributed by atoms with van der Waals surface area (Å²) in [6.45, 7) is 5.79. The van der Waals surface area contributed by atoms with Gasteiger partial charge >= 0.3 is 0 Å². The zero-order valence-electron chi connectivity index (χ0n) is 16.4. The van der Waals surface area contributed by atoms with Crippen LogP contribution >= 0.6 is 20.8 Å². The van der Waals surface area contributed by atoms with E-state index in [1.165, 1.54) is 0 Å². The van der Waals surface area contributed by atoms with E-state index in [0.717, 1.165) is 49.9 Å². The molecule has 0 saturated carbocycles. The molecule has 1 N–H and O–H groups in total. The lowest BCUT2D eigenvalue weighted by atomic mass is 10.1. The number of halogens is 1. The summed E-state index contributed by atoms with van der Waals surface area (Å²) in [6.07, 6.45) is 5.39. The molecule has 148 valence electrons. The fraction of sp³-hybridized carbons (Fsp3) is 0.0417. The third-order valence-electron chi connectivity index (χ3n) is 4.71. The average molecular weight is 431 g/mol. The highest BCUT2D eigenvalue weighted by molar-refractivity contribution is 7.24. The molecule has 0 aliphatic carbocycles. The zero-order chi connectivity index (χ0) is 21.1. The Balaban J connectivity index is 1.92. The van der Waals surface area contributed by atoms with Crippen molar-refractivity contribution in [2.45, 2.75) is 6.92 Å². The summed E-state index contributed by atoms with van der Waals surface area (Å²) >= 11 is 6.11. The van der Waals surface area contributed by atoms with Crippen molar-refractivity contribution in [3.8, 4) is 0 Å². The van der Waals surface area contributed by atoms with E-state index < -0.39 is 0 Å². The van der Waals surface area contributed by atoms with Gasteiger partial charge in [-0.25, -0.2) is 15.0 Å². The van der Waals surface area contributed by atoms with Crippen molar-refractivity contribution in [2.75, 3.05) is 5.32 Å². The third kappa shape index (κ3) is 4.11. The largest absolute Gasteiger partial charge is 0.339 e. The van der Waals surface area contributed by atoms with Crippen LogP contribution in [0.3, 0.4) is 0 Å². The van der Waals surface area contributed by atoms with Gasteiger partial charge in [-0.15, -0.1) is 9.24 Å². The van der Waals surface area contributed by atoms with E-state index in [2.05, 4.69) is 31.1 Å². The summed E-state index contributed by atoms with van der Waals surface area (Å²) in [5, 5.41) is 6.87. The molecule has 4 nitrogen and oxygen atoms in total. The monoisotopic (exact) mass is 430 g/mol. The number of rotatable bonds is 5. The Bertz CT molecular complexity index is 1320. The highest BCUT2D eigenvalue weighted by Gasteiger charge is 2.13. The minimum atomic E-state index is 0.443. The molecule has 1 unspecified atom stereocenters. The molecule has 0 aliphatic rings. The number of allylic oxidation sites excluding steroid dienone is 5. The Morgan fingerprint density at radius 1 is 1.03 bits per heavy atom. The normalized spacial score (nSPS) is 12.4. The number of hydrogen-bond acceptors (Lipinski definition) is 4. The van der Waals surface area contributed by atoms with Crippen LogP contribution in [0.1, 0.15) is 12.6 Å². The van der Waals surface area contributed by atoms with Gasteiger partial charge in [0, 0.05) is 21.4 Å². The van der Waals surface area contributed by atoms with Crippen molar-refractivity contribution in [1.29, 1.82) is 0 Å². The first kappa shape index (κ1) is 20.2. The van der Waals surface area contributed by atoms with Crippen molar-refractivity contribution >= 4 is 59.7 Å². The van der Waals surface area contributed by atoms with Gasteiger partial charge in [-0.2, -0.15) is 0 Å². The molecule has 0 bridgehead atoms. The maximum atomic E-state index is 6.11. The van der Waals surface area contributed by atoms with Gasteiger partial charge < -0.3 is 5.32 Å². The van der Waals surface area contributed by atoms with Gasteiger partial charge in [0.2, 0.25) is 0 Å². The van der Waals surface area contributed by atoms with Crippen molar-refractivity contribution in [2.24, 2.45) is 0 Å². The number of aromatic nitrogens is 3. The number of pyridine rings is 1. The van der Waals surface area contributed by atoms with Crippen LogP contribution in [0.4, 0.5) is 11.5 Å². The maximum absolute atomic E-state index is 6.11. The molecule has 2 aromatic carbocycles. The van der Waals surface area contributed by atoms with Crippen LogP contribution in [-0.2, 0) is 0 Å². The Morgan fingerprint density at radius 3 is 2.47 bits per heavy atom. The first-order chi connectivity index (χ1) is 14.6. The number of nitrogens with zero attached hydrogens (tertiary/aromatic N) is 3. The van der Waals surface area contributed by atoms with Crippen LogP contribution < -0.4 is 5.32 Å². The van der Waals surface area contributed by atoms with E-state index in [-0.39, 0.29) is 0 Å². The number of nitrogens with one attached hydrogen (secondary N) is 1. The second kappa shape index (κ2) is 8.74. The molecule has 4 rings (SSSR count). The maximum Gasteiger partial charge on any atom is 0.141 e. The minimum absolute atomic E-state index is 0.443. The number of fused-ring (bicyclic) bond motifs is 2. The molecule has 2 aromatic heterocycles. The summed E-state index contributed by atoms with van der Waals surface area (Å²) < 4.78 is 0. The van der Waals surface area contributed by atoms with E-state index >= 15 is 0 Å². The van der Waals surface area contributed by atoms with E-state index in [4.69, 9.17) is 16.6 Å².